The van der Waals surface area contributed by atoms with Crippen LogP contribution in [0.2, 0.25) is 0 Å². The molecule has 4 rings (SSSR count). The van der Waals surface area contributed by atoms with Crippen molar-refractivity contribution in [3.63, 3.8) is 0 Å². The molecule has 2 atom stereocenters. The number of carbonyl (C=O) groups is 2. The van der Waals surface area contributed by atoms with Gasteiger partial charge in [0.05, 0.1) is 11.0 Å². The second-order valence-electron chi connectivity index (χ2n) is 8.64. The lowest BCUT2D eigenvalue weighted by Gasteiger charge is -2.27. The molecule has 0 spiro atoms. The highest BCUT2D eigenvalue weighted by Crippen LogP contribution is 2.19. The lowest BCUT2D eigenvalue weighted by atomic mass is 9.99. The van der Waals surface area contributed by atoms with Crippen LogP contribution in [0.3, 0.4) is 0 Å². The van der Waals surface area contributed by atoms with Gasteiger partial charge >= 0.3 is 6.09 Å². The summed E-state index contributed by atoms with van der Waals surface area (Å²) in [5.41, 5.74) is 7.81. The summed E-state index contributed by atoms with van der Waals surface area (Å²) in [6.45, 7) is 0. The molecule has 0 radical (unpaired) electrons. The third-order valence-electron chi connectivity index (χ3n) is 6.23. The van der Waals surface area contributed by atoms with Gasteiger partial charge in [0.15, 0.2) is 0 Å². The number of likely N-dealkylation sites (N-methyl/N-ethyl adjacent to an activating group) is 1. The zero-order valence-electron chi connectivity index (χ0n) is 19.3. The first kappa shape index (κ1) is 24.2. The Kier molecular flexibility index (Phi) is 7.27. The number of carbonyl (C=O) groups excluding carboxylic acids is 1. The Bertz CT molecular complexity index is 1400. The molecule has 0 saturated heterocycles. The average molecular weight is 486 g/mol. The summed E-state index contributed by atoms with van der Waals surface area (Å²) in [4.78, 5) is 26.3. The number of nitrogens with one attached hydrogen (secondary N) is 1. The van der Waals surface area contributed by atoms with E-state index in [2.05, 4.69) is 5.32 Å². The molecule has 0 bridgehead atoms. The highest BCUT2D eigenvalue weighted by atomic mass is 32.1. The summed E-state index contributed by atoms with van der Waals surface area (Å²) in [7, 11) is 1.40. The molecule has 0 saturated carbocycles. The van der Waals surface area contributed by atoms with E-state index in [1.54, 1.807) is 0 Å². The molecule has 0 heterocycles. The Morgan fingerprint density at radius 2 is 1.34 bits per heavy atom. The van der Waals surface area contributed by atoms with E-state index in [0.29, 0.717) is 6.42 Å². The van der Waals surface area contributed by atoms with Crippen LogP contribution in [-0.4, -0.2) is 46.1 Å². The number of nitrogens with zero attached hydrogens (tertiary/aromatic N) is 1. The van der Waals surface area contributed by atoms with Crippen molar-refractivity contribution in [3.05, 3.63) is 96.1 Å². The molecule has 2 amide bonds. The maximum Gasteiger partial charge on any atom is 0.407 e. The summed E-state index contributed by atoms with van der Waals surface area (Å²) in [5, 5.41) is 16.8. The van der Waals surface area contributed by atoms with Gasteiger partial charge in [0.25, 0.3) is 0 Å². The van der Waals surface area contributed by atoms with Crippen LogP contribution in [0.5, 0.6) is 0 Å². The van der Waals surface area contributed by atoms with Crippen LogP contribution in [0.4, 0.5) is 4.79 Å². The third-order valence-corrected chi connectivity index (χ3v) is 6.51. The molecule has 4 N–H and O–H groups in total. The van der Waals surface area contributed by atoms with Gasteiger partial charge < -0.3 is 16.2 Å². The van der Waals surface area contributed by atoms with Crippen LogP contribution in [0.1, 0.15) is 11.1 Å². The smallest absolute Gasteiger partial charge is 0.407 e. The Labute approximate surface area is 209 Å². The molecule has 0 fully saturated rings. The number of hydrogen-bond donors (Lipinski definition) is 3. The van der Waals surface area contributed by atoms with Crippen molar-refractivity contribution in [1.82, 2.24) is 10.2 Å². The molecular weight excluding hydrogens is 458 g/mol. The Hall–Kier alpha value is -3.97. The Morgan fingerprint density at radius 3 is 1.83 bits per heavy atom. The van der Waals surface area contributed by atoms with E-state index in [9.17, 15) is 14.7 Å². The van der Waals surface area contributed by atoms with Crippen LogP contribution < -0.4 is 11.1 Å². The summed E-state index contributed by atoms with van der Waals surface area (Å²) in [6, 6.07) is 26.3. The van der Waals surface area contributed by atoms with Gasteiger partial charge in [-0.2, -0.15) is 0 Å². The minimum Gasteiger partial charge on any atom is -0.465 e. The number of thiocarbonyl (C=S) groups is 1. The first-order chi connectivity index (χ1) is 16.8. The van der Waals surface area contributed by atoms with Crippen LogP contribution in [0, 0.1) is 0 Å². The molecule has 4 aromatic rings. The van der Waals surface area contributed by atoms with Crippen molar-refractivity contribution < 1.29 is 14.7 Å². The van der Waals surface area contributed by atoms with E-state index in [1.807, 2.05) is 84.9 Å². The van der Waals surface area contributed by atoms with Crippen molar-refractivity contribution in [3.8, 4) is 0 Å². The SMILES string of the molecule is CN(C(=O)O)[C@H](Cc1ccc2ccccc2c1)C(=O)N[C@H](Cc1ccc2ccccc2c1)C(N)=S. The van der Waals surface area contributed by atoms with Crippen molar-refractivity contribution in [2.24, 2.45) is 5.73 Å². The first-order valence-corrected chi connectivity index (χ1v) is 11.7. The van der Waals surface area contributed by atoms with Crippen molar-refractivity contribution in [1.29, 1.82) is 0 Å². The fourth-order valence-corrected chi connectivity index (χ4v) is 4.36. The number of amides is 2. The fraction of sp³-hybridized carbons (Fsp3) is 0.179. The van der Waals surface area contributed by atoms with Gasteiger partial charge in [-0.05, 0) is 39.1 Å². The van der Waals surface area contributed by atoms with E-state index in [-0.39, 0.29) is 11.4 Å². The Balaban J connectivity index is 1.55. The van der Waals surface area contributed by atoms with Crippen LogP contribution in [-0.2, 0) is 17.6 Å². The molecule has 0 aliphatic rings. The number of nitrogens with two attached hydrogens (primary N) is 1. The maximum atomic E-state index is 13.3. The lowest BCUT2D eigenvalue weighted by molar-refractivity contribution is -0.125. The Morgan fingerprint density at radius 1 is 0.857 bits per heavy atom. The highest BCUT2D eigenvalue weighted by Gasteiger charge is 2.29. The fourth-order valence-electron chi connectivity index (χ4n) is 4.22. The number of fused-ring (bicyclic) bond motifs is 2. The van der Waals surface area contributed by atoms with Crippen molar-refractivity contribution in [2.75, 3.05) is 7.05 Å². The molecule has 4 aromatic carbocycles. The summed E-state index contributed by atoms with van der Waals surface area (Å²) >= 11 is 5.25. The third kappa shape index (κ3) is 5.75. The summed E-state index contributed by atoms with van der Waals surface area (Å²) < 4.78 is 0. The zero-order chi connectivity index (χ0) is 24.9. The van der Waals surface area contributed by atoms with E-state index in [0.717, 1.165) is 37.6 Å². The molecule has 178 valence electrons. The van der Waals surface area contributed by atoms with E-state index >= 15 is 0 Å². The minimum absolute atomic E-state index is 0.147. The molecule has 35 heavy (non-hydrogen) atoms. The molecule has 0 aliphatic carbocycles. The predicted octanol–water partition coefficient (Wildman–Crippen LogP) is 4.53. The predicted molar refractivity (Wildman–Crippen MR) is 144 cm³/mol. The largest absolute Gasteiger partial charge is 0.465 e. The molecule has 0 aliphatic heterocycles. The maximum absolute atomic E-state index is 13.3. The van der Waals surface area contributed by atoms with Gasteiger partial charge in [-0.25, -0.2) is 4.79 Å². The molecule has 0 unspecified atom stereocenters. The summed E-state index contributed by atoms with van der Waals surface area (Å²) in [5.74, 6) is -0.443. The number of rotatable bonds is 8. The van der Waals surface area contributed by atoms with Gasteiger partial charge in [-0.1, -0.05) is 97.1 Å². The minimum atomic E-state index is -1.19. The normalized spacial score (nSPS) is 12.7. The first-order valence-electron chi connectivity index (χ1n) is 11.3. The van der Waals surface area contributed by atoms with E-state index < -0.39 is 24.1 Å². The number of benzene rings is 4. The zero-order valence-corrected chi connectivity index (χ0v) is 20.2. The van der Waals surface area contributed by atoms with Gasteiger partial charge in [0, 0.05) is 13.5 Å². The average Bonchev–Trinajstić information content (AvgIpc) is 2.86. The number of carboxylic acid groups (broad SMARTS) is 1. The van der Waals surface area contributed by atoms with Crippen LogP contribution in [0.25, 0.3) is 21.5 Å². The highest BCUT2D eigenvalue weighted by molar-refractivity contribution is 7.80. The quantitative estimate of drug-likeness (QED) is 0.319. The van der Waals surface area contributed by atoms with E-state index in [1.165, 1.54) is 7.05 Å². The second kappa shape index (κ2) is 10.5. The monoisotopic (exact) mass is 485 g/mol. The molecular formula is C28H27N3O3S. The number of hydrogen-bond acceptors (Lipinski definition) is 3. The van der Waals surface area contributed by atoms with Crippen LogP contribution >= 0.6 is 12.2 Å². The van der Waals surface area contributed by atoms with Crippen molar-refractivity contribution >= 4 is 50.8 Å². The van der Waals surface area contributed by atoms with Gasteiger partial charge in [-0.3, -0.25) is 9.69 Å². The topological polar surface area (TPSA) is 95.7 Å². The van der Waals surface area contributed by atoms with Crippen molar-refractivity contribution in [2.45, 2.75) is 24.9 Å². The second-order valence-corrected chi connectivity index (χ2v) is 9.12. The molecule has 0 aromatic heterocycles. The van der Waals surface area contributed by atoms with Gasteiger partial charge in [0.2, 0.25) is 5.91 Å². The van der Waals surface area contributed by atoms with Crippen LogP contribution in [0.15, 0.2) is 84.9 Å². The standard InChI is InChI=1S/C28H27N3O3S/c1-31(28(33)34)25(17-19-11-13-21-7-3-5-9-23(21)15-19)27(32)30-24(26(29)35)16-18-10-12-20-6-2-4-8-22(20)14-18/h2-15,24-25H,16-17H2,1H3,(H2,29,35)(H,30,32)(H,33,34)/t24-,25-/m1/s1. The van der Waals surface area contributed by atoms with E-state index in [4.69, 9.17) is 18.0 Å². The van der Waals surface area contributed by atoms with Gasteiger partial charge in [-0.15, -0.1) is 0 Å². The van der Waals surface area contributed by atoms with Gasteiger partial charge in [0.1, 0.15) is 6.04 Å². The summed E-state index contributed by atoms with van der Waals surface area (Å²) in [6.07, 6.45) is -0.558. The molecule has 6 nitrogen and oxygen atoms in total. The molecule has 7 heteroatoms. The lowest BCUT2D eigenvalue weighted by Crippen LogP contribution is -2.54.